The second-order valence-electron chi connectivity index (χ2n) is 4.11. The van der Waals surface area contributed by atoms with Gasteiger partial charge in [-0.3, -0.25) is 9.59 Å². The van der Waals surface area contributed by atoms with Gasteiger partial charge in [-0.1, -0.05) is 20.8 Å². The van der Waals surface area contributed by atoms with Gasteiger partial charge in [0, 0.05) is 10.8 Å². The van der Waals surface area contributed by atoms with Gasteiger partial charge >= 0.3 is 0 Å². The number of nitrogens with one attached hydrogen (secondary N) is 1. The smallest absolute Gasteiger partial charge is 0.268 e. The van der Waals surface area contributed by atoms with Crippen molar-refractivity contribution in [1.29, 1.82) is 0 Å². The number of hydrogen-bond donors (Lipinski definition) is 2. The number of aromatic nitrogens is 1. The minimum Gasteiger partial charge on any atom is -0.364 e. The zero-order valence-corrected chi connectivity index (χ0v) is 9.64. The molecule has 0 aromatic carbocycles. The Morgan fingerprint density at radius 2 is 2.07 bits per heavy atom. The molecule has 15 heavy (non-hydrogen) atoms. The summed E-state index contributed by atoms with van der Waals surface area (Å²) in [5.41, 5.74) is 4.72. The zero-order valence-electron chi connectivity index (χ0n) is 8.83. The summed E-state index contributed by atoms with van der Waals surface area (Å²) < 4.78 is 0. The molecule has 1 aromatic heterocycles. The van der Waals surface area contributed by atoms with E-state index in [2.05, 4.69) is 10.3 Å². The largest absolute Gasteiger partial charge is 0.364 e. The third-order valence-electron chi connectivity index (χ3n) is 1.66. The van der Waals surface area contributed by atoms with Crippen LogP contribution in [0.4, 0.5) is 5.13 Å². The molecule has 82 valence electrons. The summed E-state index contributed by atoms with van der Waals surface area (Å²) in [4.78, 5) is 26.2. The van der Waals surface area contributed by atoms with Gasteiger partial charge in [0.2, 0.25) is 5.91 Å². The highest BCUT2D eigenvalue weighted by Gasteiger charge is 2.22. The molecule has 0 radical (unpaired) electrons. The van der Waals surface area contributed by atoms with E-state index in [0.717, 1.165) is 0 Å². The van der Waals surface area contributed by atoms with E-state index < -0.39 is 11.3 Å². The molecule has 1 rings (SSSR count). The van der Waals surface area contributed by atoms with Crippen molar-refractivity contribution in [2.24, 2.45) is 11.1 Å². The van der Waals surface area contributed by atoms with Crippen LogP contribution in [0.15, 0.2) is 5.38 Å². The standard InChI is InChI=1S/C9H13N3O2S/c1-9(2,3)7(14)12-8-11-5(4-15-8)6(10)13/h4H,1-3H3,(H2,10,13)(H,11,12,14). The maximum absolute atomic E-state index is 11.6. The van der Waals surface area contributed by atoms with Gasteiger partial charge in [-0.05, 0) is 0 Å². The molecule has 1 heterocycles. The Hall–Kier alpha value is -1.43. The monoisotopic (exact) mass is 227 g/mol. The molecule has 0 aliphatic heterocycles. The van der Waals surface area contributed by atoms with Gasteiger partial charge < -0.3 is 11.1 Å². The number of amides is 2. The number of nitrogens with zero attached hydrogens (tertiary/aromatic N) is 1. The Morgan fingerprint density at radius 3 is 2.47 bits per heavy atom. The quantitative estimate of drug-likeness (QED) is 0.796. The SMILES string of the molecule is CC(C)(C)C(=O)Nc1nc(C(N)=O)cs1. The summed E-state index contributed by atoms with van der Waals surface area (Å²) in [5.74, 6) is -0.740. The normalized spacial score (nSPS) is 11.1. The van der Waals surface area contributed by atoms with Gasteiger partial charge in [0.1, 0.15) is 5.69 Å². The lowest BCUT2D eigenvalue weighted by molar-refractivity contribution is -0.123. The number of primary amides is 1. The van der Waals surface area contributed by atoms with E-state index >= 15 is 0 Å². The van der Waals surface area contributed by atoms with E-state index in [-0.39, 0.29) is 11.6 Å². The average molecular weight is 227 g/mol. The first kappa shape index (κ1) is 11.6. The summed E-state index contributed by atoms with van der Waals surface area (Å²) in [7, 11) is 0. The molecule has 0 aliphatic rings. The number of rotatable bonds is 2. The molecule has 0 saturated heterocycles. The maximum atomic E-state index is 11.6. The van der Waals surface area contributed by atoms with Crippen LogP contribution >= 0.6 is 11.3 Å². The molecular formula is C9H13N3O2S. The molecule has 0 unspecified atom stereocenters. The molecule has 0 bridgehead atoms. The summed E-state index contributed by atoms with van der Waals surface area (Å²) in [6.07, 6.45) is 0. The summed E-state index contributed by atoms with van der Waals surface area (Å²) in [5, 5.41) is 4.52. The number of anilines is 1. The summed E-state index contributed by atoms with van der Waals surface area (Å²) in [6, 6.07) is 0. The zero-order chi connectivity index (χ0) is 11.6. The molecule has 2 amide bonds. The van der Waals surface area contributed by atoms with Gasteiger partial charge in [-0.2, -0.15) is 0 Å². The molecule has 5 nitrogen and oxygen atoms in total. The van der Waals surface area contributed by atoms with Gasteiger partial charge in [-0.25, -0.2) is 4.98 Å². The van der Waals surface area contributed by atoms with Gasteiger partial charge in [0.15, 0.2) is 5.13 Å². The van der Waals surface area contributed by atoms with Crippen molar-refractivity contribution < 1.29 is 9.59 Å². The lowest BCUT2D eigenvalue weighted by Gasteiger charge is -2.15. The molecule has 0 spiro atoms. The predicted octanol–water partition coefficient (Wildman–Crippen LogP) is 1.23. The molecule has 6 heteroatoms. The van der Waals surface area contributed by atoms with Crippen LogP contribution in [0.2, 0.25) is 0 Å². The Balaban J connectivity index is 2.74. The minimum atomic E-state index is -0.595. The molecular weight excluding hydrogens is 214 g/mol. The van der Waals surface area contributed by atoms with Crippen LogP contribution in [0, 0.1) is 5.41 Å². The fourth-order valence-corrected chi connectivity index (χ4v) is 1.42. The molecule has 0 aliphatic carbocycles. The van der Waals surface area contributed by atoms with Crippen molar-refractivity contribution in [3.63, 3.8) is 0 Å². The molecule has 0 atom stereocenters. The first-order chi connectivity index (χ1) is 6.80. The lowest BCUT2D eigenvalue weighted by atomic mass is 9.96. The van der Waals surface area contributed by atoms with Crippen LogP contribution in [-0.4, -0.2) is 16.8 Å². The first-order valence-corrected chi connectivity index (χ1v) is 5.25. The number of hydrogen-bond acceptors (Lipinski definition) is 4. The third kappa shape index (κ3) is 3.02. The van der Waals surface area contributed by atoms with E-state index in [1.54, 1.807) is 20.8 Å². The Kier molecular flexibility index (Phi) is 3.09. The Labute approximate surface area is 91.7 Å². The highest BCUT2D eigenvalue weighted by molar-refractivity contribution is 7.14. The van der Waals surface area contributed by atoms with Gasteiger partial charge in [0.25, 0.3) is 5.91 Å². The number of thiazole rings is 1. The van der Waals surface area contributed by atoms with E-state index in [4.69, 9.17) is 5.73 Å². The fourth-order valence-electron chi connectivity index (χ4n) is 0.729. The molecule has 0 fully saturated rings. The lowest BCUT2D eigenvalue weighted by Crippen LogP contribution is -2.27. The highest BCUT2D eigenvalue weighted by Crippen LogP contribution is 2.20. The second kappa shape index (κ2) is 3.98. The first-order valence-electron chi connectivity index (χ1n) is 4.37. The Bertz CT molecular complexity index is 392. The van der Waals surface area contributed by atoms with E-state index in [9.17, 15) is 9.59 Å². The second-order valence-corrected chi connectivity index (χ2v) is 4.96. The minimum absolute atomic E-state index is 0.145. The van der Waals surface area contributed by atoms with Gasteiger partial charge in [0.05, 0.1) is 0 Å². The maximum Gasteiger partial charge on any atom is 0.268 e. The van der Waals surface area contributed by atoms with Crippen molar-refractivity contribution in [3.8, 4) is 0 Å². The fraction of sp³-hybridized carbons (Fsp3) is 0.444. The van der Waals surface area contributed by atoms with Crippen LogP contribution in [0.5, 0.6) is 0 Å². The topological polar surface area (TPSA) is 85.1 Å². The van der Waals surface area contributed by atoms with Crippen LogP contribution in [-0.2, 0) is 4.79 Å². The third-order valence-corrected chi connectivity index (χ3v) is 2.42. The molecule has 3 N–H and O–H groups in total. The van der Waals surface area contributed by atoms with Crippen molar-refractivity contribution in [3.05, 3.63) is 11.1 Å². The van der Waals surface area contributed by atoms with E-state index in [0.29, 0.717) is 5.13 Å². The van der Waals surface area contributed by atoms with Crippen LogP contribution in [0.1, 0.15) is 31.3 Å². The van der Waals surface area contributed by atoms with Crippen molar-refractivity contribution >= 4 is 28.3 Å². The van der Waals surface area contributed by atoms with Crippen molar-refractivity contribution in [2.75, 3.05) is 5.32 Å². The van der Waals surface area contributed by atoms with Crippen LogP contribution in [0.3, 0.4) is 0 Å². The van der Waals surface area contributed by atoms with Crippen molar-refractivity contribution in [1.82, 2.24) is 4.98 Å². The van der Waals surface area contributed by atoms with Crippen LogP contribution in [0.25, 0.3) is 0 Å². The van der Waals surface area contributed by atoms with Gasteiger partial charge in [-0.15, -0.1) is 11.3 Å². The average Bonchev–Trinajstić information content (AvgIpc) is 2.50. The molecule has 1 aromatic rings. The highest BCUT2D eigenvalue weighted by atomic mass is 32.1. The predicted molar refractivity (Wildman–Crippen MR) is 58.7 cm³/mol. The van der Waals surface area contributed by atoms with E-state index in [1.807, 2.05) is 0 Å². The summed E-state index contributed by atoms with van der Waals surface area (Å²) >= 11 is 1.18. The van der Waals surface area contributed by atoms with Crippen LogP contribution < -0.4 is 11.1 Å². The molecule has 0 saturated carbocycles. The number of nitrogens with two attached hydrogens (primary N) is 1. The Morgan fingerprint density at radius 1 is 1.47 bits per heavy atom. The van der Waals surface area contributed by atoms with E-state index in [1.165, 1.54) is 16.7 Å². The summed E-state index contributed by atoms with van der Waals surface area (Å²) in [6.45, 7) is 5.39. The van der Waals surface area contributed by atoms with Crippen molar-refractivity contribution in [2.45, 2.75) is 20.8 Å². The number of carbonyl (C=O) groups is 2. The number of carbonyl (C=O) groups excluding carboxylic acids is 2.